The molecule has 0 heterocycles. The van der Waals surface area contributed by atoms with E-state index in [1.807, 2.05) is 13.0 Å². The summed E-state index contributed by atoms with van der Waals surface area (Å²) >= 11 is 3.28. The summed E-state index contributed by atoms with van der Waals surface area (Å²) in [5.41, 5.74) is 1.68. The second-order valence-corrected chi connectivity index (χ2v) is 5.16. The van der Waals surface area contributed by atoms with Crippen LogP contribution >= 0.6 is 15.9 Å². The molecule has 0 aliphatic carbocycles. The first kappa shape index (κ1) is 14.0. The summed E-state index contributed by atoms with van der Waals surface area (Å²) in [5, 5.41) is 10.4. The summed E-state index contributed by atoms with van der Waals surface area (Å²) < 4.78 is 19.7. The Morgan fingerprint density at radius 1 is 1.21 bits per heavy atom. The Balaban J connectivity index is 2.50. The van der Waals surface area contributed by atoms with Gasteiger partial charge in [-0.2, -0.15) is 0 Å². The first-order valence-corrected chi connectivity index (χ1v) is 6.60. The largest absolute Gasteiger partial charge is 0.496 e. The molecule has 0 unspecified atom stereocenters. The minimum absolute atomic E-state index is 0.241. The van der Waals surface area contributed by atoms with Gasteiger partial charge >= 0.3 is 0 Å². The lowest BCUT2D eigenvalue weighted by Crippen LogP contribution is -2.05. The third-order valence-corrected chi connectivity index (χ3v) is 3.59. The summed E-state index contributed by atoms with van der Waals surface area (Å²) in [6, 6.07) is 9.87. The minimum Gasteiger partial charge on any atom is -0.496 e. The fraction of sp³-hybridized carbons (Fsp3) is 0.200. The predicted octanol–water partition coefficient (Wildman–Crippen LogP) is 3.99. The van der Waals surface area contributed by atoms with Crippen LogP contribution in [0.2, 0.25) is 0 Å². The zero-order valence-electron chi connectivity index (χ0n) is 10.7. The summed E-state index contributed by atoms with van der Waals surface area (Å²) in [6.45, 7) is 1.84. The fourth-order valence-corrected chi connectivity index (χ4v) is 2.42. The Morgan fingerprint density at radius 3 is 2.63 bits per heavy atom. The third kappa shape index (κ3) is 2.80. The Hall–Kier alpha value is -1.39. The molecule has 0 bridgehead atoms. The number of hydrogen-bond donors (Lipinski definition) is 1. The van der Waals surface area contributed by atoms with Gasteiger partial charge in [0.15, 0.2) is 0 Å². The number of aliphatic hydroxyl groups is 1. The van der Waals surface area contributed by atoms with Crippen LogP contribution in [0, 0.1) is 12.7 Å². The van der Waals surface area contributed by atoms with E-state index in [2.05, 4.69) is 15.9 Å². The Bertz CT molecular complexity index is 599. The van der Waals surface area contributed by atoms with E-state index in [4.69, 9.17) is 4.74 Å². The van der Waals surface area contributed by atoms with Gasteiger partial charge in [-0.15, -0.1) is 0 Å². The van der Waals surface area contributed by atoms with Gasteiger partial charge < -0.3 is 9.84 Å². The summed E-state index contributed by atoms with van der Waals surface area (Å²) in [4.78, 5) is 0. The van der Waals surface area contributed by atoms with Crippen LogP contribution in [-0.2, 0) is 0 Å². The molecule has 2 aromatic carbocycles. The van der Waals surface area contributed by atoms with E-state index < -0.39 is 11.9 Å². The number of benzene rings is 2. The first-order chi connectivity index (χ1) is 9.04. The van der Waals surface area contributed by atoms with E-state index >= 15 is 0 Å². The first-order valence-electron chi connectivity index (χ1n) is 5.81. The van der Waals surface area contributed by atoms with Gasteiger partial charge in [-0.05, 0) is 42.3 Å². The second-order valence-electron chi connectivity index (χ2n) is 4.24. The monoisotopic (exact) mass is 324 g/mol. The molecule has 0 aliphatic rings. The van der Waals surface area contributed by atoms with Crippen molar-refractivity contribution in [1.82, 2.24) is 0 Å². The van der Waals surface area contributed by atoms with Crippen LogP contribution in [0.3, 0.4) is 0 Å². The van der Waals surface area contributed by atoms with E-state index in [0.717, 1.165) is 10.0 Å². The third-order valence-electron chi connectivity index (χ3n) is 3.09. The summed E-state index contributed by atoms with van der Waals surface area (Å²) in [7, 11) is 1.57. The van der Waals surface area contributed by atoms with E-state index in [1.54, 1.807) is 31.4 Å². The van der Waals surface area contributed by atoms with Crippen LogP contribution < -0.4 is 4.74 Å². The predicted molar refractivity (Wildman–Crippen MR) is 75.9 cm³/mol. The molecule has 19 heavy (non-hydrogen) atoms. The number of methoxy groups -OCH3 is 1. The Morgan fingerprint density at radius 2 is 1.95 bits per heavy atom. The molecular weight excluding hydrogens is 311 g/mol. The molecule has 0 aromatic heterocycles. The molecule has 4 heteroatoms. The Labute approximate surface area is 120 Å². The van der Waals surface area contributed by atoms with Crippen LogP contribution in [0.15, 0.2) is 40.9 Å². The van der Waals surface area contributed by atoms with E-state index in [1.165, 1.54) is 6.07 Å². The van der Waals surface area contributed by atoms with Gasteiger partial charge in [0.2, 0.25) is 0 Å². The normalized spacial score (nSPS) is 12.3. The van der Waals surface area contributed by atoms with Crippen LogP contribution in [0.1, 0.15) is 22.8 Å². The van der Waals surface area contributed by atoms with Crippen molar-refractivity contribution in [3.8, 4) is 5.75 Å². The van der Waals surface area contributed by atoms with Gasteiger partial charge in [-0.3, -0.25) is 0 Å². The van der Waals surface area contributed by atoms with Gasteiger partial charge in [-0.1, -0.05) is 28.1 Å². The van der Waals surface area contributed by atoms with E-state index in [0.29, 0.717) is 11.3 Å². The molecule has 0 saturated carbocycles. The van der Waals surface area contributed by atoms with Crippen LogP contribution in [0.5, 0.6) is 5.75 Å². The molecule has 2 aromatic rings. The average molecular weight is 325 g/mol. The molecule has 0 fully saturated rings. The van der Waals surface area contributed by atoms with Gasteiger partial charge in [0.1, 0.15) is 17.7 Å². The number of ether oxygens (including phenoxy) is 1. The molecule has 0 radical (unpaired) electrons. The molecule has 1 atom stereocenters. The maximum atomic E-state index is 13.8. The van der Waals surface area contributed by atoms with Gasteiger partial charge in [0.05, 0.1) is 7.11 Å². The van der Waals surface area contributed by atoms with Gasteiger partial charge in [0, 0.05) is 10.0 Å². The molecular formula is C15H14BrFO2. The van der Waals surface area contributed by atoms with Crippen molar-refractivity contribution in [3.63, 3.8) is 0 Å². The van der Waals surface area contributed by atoms with Crippen LogP contribution in [-0.4, -0.2) is 12.2 Å². The molecule has 1 N–H and O–H groups in total. The number of aliphatic hydroxyl groups excluding tert-OH is 1. The second kappa shape index (κ2) is 5.72. The number of hydrogen-bond acceptors (Lipinski definition) is 2. The van der Waals surface area contributed by atoms with Crippen LogP contribution in [0.4, 0.5) is 4.39 Å². The molecule has 100 valence electrons. The van der Waals surface area contributed by atoms with Gasteiger partial charge in [0.25, 0.3) is 0 Å². The van der Waals surface area contributed by atoms with E-state index in [-0.39, 0.29) is 5.56 Å². The van der Waals surface area contributed by atoms with Crippen LogP contribution in [0.25, 0.3) is 0 Å². The number of rotatable bonds is 3. The minimum atomic E-state index is -1.02. The lowest BCUT2D eigenvalue weighted by Gasteiger charge is -2.17. The highest BCUT2D eigenvalue weighted by Gasteiger charge is 2.18. The number of halogens is 2. The van der Waals surface area contributed by atoms with Gasteiger partial charge in [-0.25, -0.2) is 4.39 Å². The SMILES string of the molecule is COc1cccc([C@H](O)c2cc(Br)ccc2F)c1C. The highest BCUT2D eigenvalue weighted by Crippen LogP contribution is 2.32. The van der Waals surface area contributed by atoms with Crippen molar-refractivity contribution >= 4 is 15.9 Å². The Kier molecular flexibility index (Phi) is 4.22. The zero-order chi connectivity index (χ0) is 14.0. The molecule has 0 aliphatic heterocycles. The lowest BCUT2D eigenvalue weighted by atomic mass is 9.96. The van der Waals surface area contributed by atoms with Crippen molar-refractivity contribution in [1.29, 1.82) is 0 Å². The zero-order valence-corrected chi connectivity index (χ0v) is 12.2. The molecule has 0 spiro atoms. The molecule has 0 amide bonds. The van der Waals surface area contributed by atoms with E-state index in [9.17, 15) is 9.50 Å². The molecule has 0 saturated heterocycles. The van der Waals surface area contributed by atoms with Crippen molar-refractivity contribution in [2.45, 2.75) is 13.0 Å². The van der Waals surface area contributed by atoms with Crippen molar-refractivity contribution in [2.75, 3.05) is 7.11 Å². The summed E-state index contributed by atoms with van der Waals surface area (Å²) in [5.74, 6) is 0.241. The molecule has 2 nitrogen and oxygen atoms in total. The highest BCUT2D eigenvalue weighted by molar-refractivity contribution is 9.10. The summed E-state index contributed by atoms with van der Waals surface area (Å²) in [6.07, 6.45) is -1.02. The average Bonchev–Trinajstić information content (AvgIpc) is 2.41. The van der Waals surface area contributed by atoms with Crippen molar-refractivity contribution in [2.24, 2.45) is 0 Å². The standard InChI is InChI=1S/C15H14BrFO2/c1-9-11(4-3-5-14(9)19-2)15(18)12-8-10(16)6-7-13(12)17/h3-8,15,18H,1-2H3/t15-/m0/s1. The smallest absolute Gasteiger partial charge is 0.129 e. The maximum Gasteiger partial charge on any atom is 0.129 e. The lowest BCUT2D eigenvalue weighted by molar-refractivity contribution is 0.213. The molecule has 2 rings (SSSR count). The van der Waals surface area contributed by atoms with Crippen molar-refractivity contribution < 1.29 is 14.2 Å². The maximum absolute atomic E-state index is 13.8. The quantitative estimate of drug-likeness (QED) is 0.925. The topological polar surface area (TPSA) is 29.5 Å². The van der Waals surface area contributed by atoms with Crippen molar-refractivity contribution in [3.05, 3.63) is 63.4 Å². The fourth-order valence-electron chi connectivity index (χ4n) is 2.04. The highest BCUT2D eigenvalue weighted by atomic mass is 79.9.